The lowest BCUT2D eigenvalue weighted by molar-refractivity contribution is 0.417. The minimum absolute atomic E-state index is 0.0465. The van der Waals surface area contributed by atoms with Gasteiger partial charge in [-0.15, -0.1) is 6.42 Å². The Hall–Kier alpha value is -1.82. The average Bonchev–Trinajstić information content (AvgIpc) is 2.39. The zero-order valence-corrected chi connectivity index (χ0v) is 10.5. The van der Waals surface area contributed by atoms with E-state index in [-0.39, 0.29) is 23.6 Å². The summed E-state index contributed by atoms with van der Waals surface area (Å²) < 4.78 is 23.9. The molecule has 1 heterocycles. The van der Waals surface area contributed by atoms with E-state index in [0.29, 0.717) is 5.56 Å². The highest BCUT2D eigenvalue weighted by atomic mass is 32.2. The van der Waals surface area contributed by atoms with Crippen molar-refractivity contribution in [2.45, 2.75) is 16.9 Å². The largest absolute Gasteiger partial charge is 0.285 e. The second kappa shape index (κ2) is 4.45. The number of hydrogen-bond donors (Lipinski definition) is 1. The SMILES string of the molecule is C#CCNC1(C#N)CCS(=O)(=O)c2ccccc21. The molecule has 1 aromatic rings. The van der Waals surface area contributed by atoms with Crippen LogP contribution in [0.3, 0.4) is 0 Å². The Morgan fingerprint density at radius 1 is 1.44 bits per heavy atom. The molecule has 0 saturated heterocycles. The first-order chi connectivity index (χ1) is 8.56. The van der Waals surface area contributed by atoms with Gasteiger partial charge < -0.3 is 0 Å². The Labute approximate surface area is 107 Å². The number of sulfone groups is 1. The number of rotatable bonds is 2. The minimum Gasteiger partial charge on any atom is -0.285 e. The van der Waals surface area contributed by atoms with E-state index in [1.54, 1.807) is 18.2 Å². The predicted molar refractivity (Wildman–Crippen MR) is 67.2 cm³/mol. The molecule has 0 fully saturated rings. The maximum absolute atomic E-state index is 12.0. The fourth-order valence-corrected chi connectivity index (χ4v) is 3.82. The fourth-order valence-electron chi connectivity index (χ4n) is 2.16. The van der Waals surface area contributed by atoms with Crippen molar-refractivity contribution in [2.24, 2.45) is 0 Å². The lowest BCUT2D eigenvalue weighted by Crippen LogP contribution is -2.46. The summed E-state index contributed by atoms with van der Waals surface area (Å²) in [5.74, 6) is 2.37. The van der Waals surface area contributed by atoms with Crippen molar-refractivity contribution in [3.63, 3.8) is 0 Å². The van der Waals surface area contributed by atoms with Crippen LogP contribution < -0.4 is 5.32 Å². The molecule has 0 aromatic heterocycles. The molecule has 1 aliphatic heterocycles. The molecule has 1 unspecified atom stereocenters. The van der Waals surface area contributed by atoms with Crippen molar-refractivity contribution in [2.75, 3.05) is 12.3 Å². The van der Waals surface area contributed by atoms with Gasteiger partial charge in [-0.05, 0) is 12.5 Å². The number of benzene rings is 1. The zero-order valence-electron chi connectivity index (χ0n) is 9.68. The van der Waals surface area contributed by atoms with Gasteiger partial charge >= 0.3 is 0 Å². The van der Waals surface area contributed by atoms with Gasteiger partial charge in [0.1, 0.15) is 5.54 Å². The van der Waals surface area contributed by atoms with Gasteiger partial charge in [0, 0.05) is 5.56 Å². The van der Waals surface area contributed by atoms with Crippen molar-refractivity contribution in [1.82, 2.24) is 5.32 Å². The second-order valence-electron chi connectivity index (χ2n) is 4.14. The number of terminal acetylenes is 1. The minimum atomic E-state index is -3.29. The van der Waals surface area contributed by atoms with E-state index in [1.807, 2.05) is 0 Å². The van der Waals surface area contributed by atoms with Gasteiger partial charge in [0.05, 0.1) is 23.3 Å². The topological polar surface area (TPSA) is 70.0 Å². The van der Waals surface area contributed by atoms with Crippen molar-refractivity contribution >= 4 is 9.84 Å². The third-order valence-corrected chi connectivity index (χ3v) is 4.88. The predicted octanol–water partition coefficient (Wildman–Crippen LogP) is 0.806. The lowest BCUT2D eigenvalue weighted by atomic mass is 9.88. The molecule has 2 rings (SSSR count). The van der Waals surface area contributed by atoms with Crippen molar-refractivity contribution in [1.29, 1.82) is 5.26 Å². The molecule has 1 atom stereocenters. The zero-order chi connectivity index (χ0) is 13.2. The Morgan fingerprint density at radius 2 is 2.17 bits per heavy atom. The molecule has 1 N–H and O–H groups in total. The Bertz CT molecular complexity index is 652. The summed E-state index contributed by atoms with van der Waals surface area (Å²) in [6.07, 6.45) is 5.41. The maximum atomic E-state index is 12.0. The standard InChI is InChI=1S/C13H12N2O2S/c1-2-8-15-13(10-14)7-9-18(16,17)12-6-4-3-5-11(12)13/h1,3-6,15H,7-9H2. The molecule has 4 nitrogen and oxygen atoms in total. The van der Waals surface area contributed by atoms with Crippen molar-refractivity contribution in [3.05, 3.63) is 29.8 Å². The Balaban J connectivity index is 2.61. The normalized spacial score (nSPS) is 24.6. The molecular weight excluding hydrogens is 248 g/mol. The van der Waals surface area contributed by atoms with E-state index in [0.717, 1.165) is 0 Å². The Morgan fingerprint density at radius 3 is 2.83 bits per heavy atom. The summed E-state index contributed by atoms with van der Waals surface area (Å²) in [5.41, 5.74) is -0.511. The molecule has 0 amide bonds. The molecule has 0 bridgehead atoms. The van der Waals surface area contributed by atoms with Gasteiger partial charge in [-0.1, -0.05) is 24.1 Å². The first kappa shape index (κ1) is 12.6. The van der Waals surface area contributed by atoms with Crippen LogP contribution >= 0.6 is 0 Å². The molecule has 18 heavy (non-hydrogen) atoms. The molecule has 1 aromatic carbocycles. The summed E-state index contributed by atoms with van der Waals surface area (Å²) in [4.78, 5) is 0.224. The van der Waals surface area contributed by atoms with Crippen LogP contribution in [0.2, 0.25) is 0 Å². The summed E-state index contributed by atoms with van der Waals surface area (Å²) in [6.45, 7) is 0.224. The van der Waals surface area contributed by atoms with Crippen LogP contribution in [0.5, 0.6) is 0 Å². The number of nitrogens with zero attached hydrogens (tertiary/aromatic N) is 1. The van der Waals surface area contributed by atoms with Crippen molar-refractivity contribution in [3.8, 4) is 18.4 Å². The average molecular weight is 260 g/mol. The van der Waals surface area contributed by atoms with Gasteiger partial charge in [-0.3, -0.25) is 5.32 Å². The highest BCUT2D eigenvalue weighted by molar-refractivity contribution is 7.91. The summed E-state index contributed by atoms with van der Waals surface area (Å²) >= 11 is 0. The van der Waals surface area contributed by atoms with Gasteiger partial charge in [0.15, 0.2) is 9.84 Å². The van der Waals surface area contributed by atoms with Crippen molar-refractivity contribution < 1.29 is 8.42 Å². The number of fused-ring (bicyclic) bond motifs is 1. The van der Waals surface area contributed by atoms with Gasteiger partial charge in [-0.2, -0.15) is 5.26 Å². The molecule has 0 spiro atoms. The molecule has 0 radical (unpaired) electrons. The smallest absolute Gasteiger partial charge is 0.178 e. The first-order valence-corrected chi connectivity index (χ1v) is 7.13. The lowest BCUT2D eigenvalue weighted by Gasteiger charge is -2.33. The summed E-state index contributed by atoms with van der Waals surface area (Å²) in [5, 5.41) is 12.4. The van der Waals surface area contributed by atoms with Crippen LogP contribution in [0.4, 0.5) is 0 Å². The van der Waals surface area contributed by atoms with Crippen LogP contribution in [-0.4, -0.2) is 20.7 Å². The summed E-state index contributed by atoms with van der Waals surface area (Å²) in [7, 11) is -3.29. The third-order valence-electron chi connectivity index (χ3n) is 3.11. The van der Waals surface area contributed by atoms with Gasteiger partial charge in [-0.25, -0.2) is 8.42 Å². The summed E-state index contributed by atoms with van der Waals surface area (Å²) in [6, 6.07) is 8.76. The van der Waals surface area contributed by atoms with Crippen LogP contribution in [0.25, 0.3) is 0 Å². The number of nitriles is 1. The van der Waals surface area contributed by atoms with E-state index < -0.39 is 15.4 Å². The van der Waals surface area contributed by atoms with Crippen LogP contribution in [0.1, 0.15) is 12.0 Å². The van der Waals surface area contributed by atoms with E-state index in [9.17, 15) is 13.7 Å². The van der Waals surface area contributed by atoms with Gasteiger partial charge in [0.2, 0.25) is 0 Å². The van der Waals surface area contributed by atoms with Crippen LogP contribution in [-0.2, 0) is 15.4 Å². The highest BCUT2D eigenvalue weighted by Crippen LogP contribution is 2.36. The first-order valence-electron chi connectivity index (χ1n) is 5.48. The van der Waals surface area contributed by atoms with E-state index in [2.05, 4.69) is 17.3 Å². The van der Waals surface area contributed by atoms with E-state index >= 15 is 0 Å². The molecule has 1 aliphatic rings. The number of hydrogen-bond acceptors (Lipinski definition) is 4. The number of nitrogens with one attached hydrogen (secondary N) is 1. The molecule has 5 heteroatoms. The molecule has 92 valence electrons. The fraction of sp³-hybridized carbons (Fsp3) is 0.308. The van der Waals surface area contributed by atoms with Gasteiger partial charge in [0.25, 0.3) is 0 Å². The Kier molecular flexibility index (Phi) is 3.13. The van der Waals surface area contributed by atoms with E-state index in [4.69, 9.17) is 6.42 Å². The van der Waals surface area contributed by atoms with Crippen LogP contribution in [0.15, 0.2) is 29.2 Å². The third kappa shape index (κ3) is 1.88. The highest BCUT2D eigenvalue weighted by Gasteiger charge is 2.41. The second-order valence-corrected chi connectivity index (χ2v) is 6.22. The monoisotopic (exact) mass is 260 g/mol. The quantitative estimate of drug-likeness (QED) is 0.799. The van der Waals surface area contributed by atoms with Crippen LogP contribution in [0, 0.1) is 23.7 Å². The molecule has 0 saturated carbocycles. The maximum Gasteiger partial charge on any atom is 0.178 e. The molecular formula is C13H12N2O2S. The van der Waals surface area contributed by atoms with E-state index in [1.165, 1.54) is 6.07 Å². The molecule has 0 aliphatic carbocycles.